The fourth-order valence-corrected chi connectivity index (χ4v) is 3.85. The molecule has 0 unspecified atom stereocenters. The van der Waals surface area contributed by atoms with Crippen LogP contribution in [-0.4, -0.2) is 23.3 Å². The van der Waals surface area contributed by atoms with Gasteiger partial charge in [0.25, 0.3) is 0 Å². The summed E-state index contributed by atoms with van der Waals surface area (Å²) in [7, 11) is 0. The van der Waals surface area contributed by atoms with E-state index in [-0.39, 0.29) is 23.9 Å². The first kappa shape index (κ1) is 19.2. The molecule has 1 heterocycles. The molecule has 1 N–H and O–H groups in total. The zero-order valence-electron chi connectivity index (χ0n) is 16.7. The van der Waals surface area contributed by atoms with Crippen LogP contribution in [0.3, 0.4) is 0 Å². The van der Waals surface area contributed by atoms with Gasteiger partial charge in [0.2, 0.25) is 0 Å². The fraction of sp³-hybridized carbons (Fsp3) is 0.348. The number of furan rings is 1. The Morgan fingerprint density at radius 1 is 1.17 bits per heavy atom. The van der Waals surface area contributed by atoms with Crippen molar-refractivity contribution in [2.24, 2.45) is 0 Å². The Balaban J connectivity index is 1.71. The Hall–Kier alpha value is -3.15. The number of rotatable bonds is 2. The molecule has 0 radical (unpaired) electrons. The molecule has 0 saturated heterocycles. The van der Waals surface area contributed by atoms with Gasteiger partial charge in [0, 0.05) is 29.0 Å². The lowest BCUT2D eigenvalue weighted by Gasteiger charge is -2.20. The van der Waals surface area contributed by atoms with Crippen LogP contribution in [0, 0.1) is 0 Å². The maximum absolute atomic E-state index is 12.4. The number of benzene rings is 2. The van der Waals surface area contributed by atoms with Crippen molar-refractivity contribution in [1.82, 2.24) is 0 Å². The highest BCUT2D eigenvalue weighted by Gasteiger charge is 2.31. The number of ether oxygens (including phenoxy) is 1. The number of fused-ring (bicyclic) bond motifs is 3. The van der Waals surface area contributed by atoms with Crippen LogP contribution < -0.4 is 5.32 Å². The number of carbonyl (C=O) groups is 3. The van der Waals surface area contributed by atoms with E-state index in [0.717, 1.165) is 21.7 Å². The summed E-state index contributed by atoms with van der Waals surface area (Å²) in [6.45, 7) is 5.43. The van der Waals surface area contributed by atoms with Gasteiger partial charge in [-0.15, -0.1) is 0 Å². The highest BCUT2D eigenvalue weighted by Crippen LogP contribution is 2.38. The number of amides is 1. The van der Waals surface area contributed by atoms with E-state index in [9.17, 15) is 14.4 Å². The van der Waals surface area contributed by atoms with Gasteiger partial charge in [0.05, 0.1) is 12.7 Å². The quantitative estimate of drug-likeness (QED) is 0.594. The molecule has 1 atom stereocenters. The van der Waals surface area contributed by atoms with Crippen molar-refractivity contribution < 1.29 is 23.5 Å². The Kier molecular flexibility index (Phi) is 4.65. The molecule has 6 heteroatoms. The second kappa shape index (κ2) is 7.03. The number of hydrogen-bond donors (Lipinski definition) is 1. The average Bonchev–Trinajstić information content (AvgIpc) is 3.04. The first-order chi connectivity index (χ1) is 13.7. The summed E-state index contributed by atoms with van der Waals surface area (Å²) in [4.78, 5) is 36.1. The van der Waals surface area contributed by atoms with E-state index in [1.165, 1.54) is 0 Å². The molecule has 1 aromatic heterocycles. The lowest BCUT2D eigenvalue weighted by molar-refractivity contribution is -0.130. The summed E-state index contributed by atoms with van der Waals surface area (Å²) >= 11 is 0. The van der Waals surface area contributed by atoms with Crippen LogP contribution in [0.1, 0.15) is 51.5 Å². The largest absolute Gasteiger partial charge is 0.464 e. The Bertz CT molecular complexity index is 1140. The minimum Gasteiger partial charge on any atom is -0.464 e. The number of anilines is 1. The Labute approximate surface area is 168 Å². The lowest BCUT2D eigenvalue weighted by atomic mass is 9.81. The van der Waals surface area contributed by atoms with Crippen molar-refractivity contribution in [3.8, 4) is 0 Å². The molecule has 0 bridgehead atoms. The third kappa shape index (κ3) is 3.88. The molecular weight excluding hydrogens is 370 g/mol. The topological polar surface area (TPSA) is 85.6 Å². The van der Waals surface area contributed by atoms with Crippen LogP contribution in [0.15, 0.2) is 41.0 Å². The van der Waals surface area contributed by atoms with Gasteiger partial charge in [-0.25, -0.2) is 4.79 Å². The zero-order valence-corrected chi connectivity index (χ0v) is 16.7. The van der Waals surface area contributed by atoms with Crippen molar-refractivity contribution in [1.29, 1.82) is 0 Å². The van der Waals surface area contributed by atoms with E-state index in [4.69, 9.17) is 9.15 Å². The van der Waals surface area contributed by atoms with Crippen LogP contribution in [0.4, 0.5) is 10.5 Å². The highest BCUT2D eigenvalue weighted by atomic mass is 16.6. The van der Waals surface area contributed by atoms with Gasteiger partial charge in [-0.2, -0.15) is 0 Å². The Morgan fingerprint density at radius 3 is 2.69 bits per heavy atom. The lowest BCUT2D eigenvalue weighted by Crippen LogP contribution is -2.27. The maximum Gasteiger partial charge on any atom is 0.412 e. The van der Waals surface area contributed by atoms with Gasteiger partial charge in [-0.05, 0) is 56.2 Å². The van der Waals surface area contributed by atoms with E-state index in [1.807, 2.05) is 45.0 Å². The van der Waals surface area contributed by atoms with Crippen LogP contribution in [0.25, 0.3) is 21.7 Å². The monoisotopic (exact) mass is 393 g/mol. The molecule has 6 nitrogen and oxygen atoms in total. The minimum atomic E-state index is -0.577. The molecule has 3 aromatic rings. The first-order valence-electron chi connectivity index (χ1n) is 9.69. The summed E-state index contributed by atoms with van der Waals surface area (Å²) < 4.78 is 11.0. The summed E-state index contributed by atoms with van der Waals surface area (Å²) in [6.07, 6.45) is 2.04. The molecule has 150 valence electrons. The molecule has 1 fully saturated rings. The van der Waals surface area contributed by atoms with Crippen molar-refractivity contribution >= 4 is 45.1 Å². The summed E-state index contributed by atoms with van der Waals surface area (Å²) in [5, 5.41) is 5.48. The summed E-state index contributed by atoms with van der Waals surface area (Å²) in [5.74, 6) is -0.370. The van der Waals surface area contributed by atoms with E-state index in [0.29, 0.717) is 24.1 Å². The number of carbonyl (C=O) groups excluding carboxylic acids is 3. The standard InChI is InChI=1S/C23H23NO5/c1-23(2,3)29-22(27)24-14-5-7-16-13(10-14)4-9-20-21(16)18(12-28-20)17-8-6-15(25)11-19(17)26/h4-5,7,9-10,12,17H,6,8,11H2,1-3H3,(H,24,27)/t17-/m1/s1. The molecule has 1 aliphatic rings. The maximum atomic E-state index is 12.4. The third-order valence-electron chi connectivity index (χ3n) is 5.08. The SMILES string of the molecule is CC(C)(C)OC(=O)Nc1ccc2c(ccc3occ([C@H]4CCC(=O)CC4=O)c32)c1. The van der Waals surface area contributed by atoms with Crippen molar-refractivity contribution in [3.63, 3.8) is 0 Å². The molecule has 1 amide bonds. The summed E-state index contributed by atoms with van der Waals surface area (Å²) in [6, 6.07) is 9.34. The Morgan fingerprint density at radius 2 is 1.97 bits per heavy atom. The van der Waals surface area contributed by atoms with Crippen molar-refractivity contribution in [2.45, 2.75) is 51.6 Å². The number of nitrogens with one attached hydrogen (secondary N) is 1. The first-order valence-corrected chi connectivity index (χ1v) is 9.69. The van der Waals surface area contributed by atoms with Crippen LogP contribution in [0.2, 0.25) is 0 Å². The molecule has 4 rings (SSSR count). The fourth-order valence-electron chi connectivity index (χ4n) is 3.85. The zero-order chi connectivity index (χ0) is 20.8. The highest BCUT2D eigenvalue weighted by molar-refractivity contribution is 6.12. The number of Topliss-reactive ketones (excluding diaryl/α,β-unsaturated/α-hetero) is 2. The van der Waals surface area contributed by atoms with Gasteiger partial charge in [-0.1, -0.05) is 12.1 Å². The van der Waals surface area contributed by atoms with Crippen LogP contribution >= 0.6 is 0 Å². The molecule has 29 heavy (non-hydrogen) atoms. The van der Waals surface area contributed by atoms with E-state index < -0.39 is 11.7 Å². The van der Waals surface area contributed by atoms with Crippen LogP contribution in [0.5, 0.6) is 0 Å². The van der Waals surface area contributed by atoms with Crippen molar-refractivity contribution in [2.75, 3.05) is 5.32 Å². The van der Waals surface area contributed by atoms with Gasteiger partial charge in [0.15, 0.2) is 0 Å². The average molecular weight is 393 g/mol. The van der Waals surface area contributed by atoms with Gasteiger partial charge >= 0.3 is 6.09 Å². The molecule has 0 spiro atoms. The van der Waals surface area contributed by atoms with Gasteiger partial charge in [0.1, 0.15) is 22.8 Å². The smallest absolute Gasteiger partial charge is 0.412 e. The van der Waals surface area contributed by atoms with E-state index in [1.54, 1.807) is 12.3 Å². The predicted molar refractivity (Wildman–Crippen MR) is 110 cm³/mol. The van der Waals surface area contributed by atoms with Crippen molar-refractivity contribution in [3.05, 3.63) is 42.2 Å². The minimum absolute atomic E-state index is 0.00164. The van der Waals surface area contributed by atoms with Gasteiger partial charge < -0.3 is 9.15 Å². The van der Waals surface area contributed by atoms with Gasteiger partial charge in [-0.3, -0.25) is 14.9 Å². The second-order valence-electron chi connectivity index (χ2n) is 8.47. The number of hydrogen-bond acceptors (Lipinski definition) is 5. The van der Waals surface area contributed by atoms with Crippen LogP contribution in [-0.2, 0) is 14.3 Å². The molecule has 2 aromatic carbocycles. The third-order valence-corrected chi connectivity index (χ3v) is 5.08. The molecule has 1 saturated carbocycles. The normalized spacial score (nSPS) is 17.7. The number of ketones is 2. The second-order valence-corrected chi connectivity index (χ2v) is 8.47. The van der Waals surface area contributed by atoms with E-state index >= 15 is 0 Å². The molecule has 0 aliphatic heterocycles. The summed E-state index contributed by atoms with van der Waals surface area (Å²) in [5.41, 5.74) is 1.57. The van der Waals surface area contributed by atoms with E-state index in [2.05, 4.69) is 5.32 Å². The predicted octanol–water partition coefficient (Wildman–Crippen LogP) is 5.34. The molecule has 1 aliphatic carbocycles. The molecular formula is C23H23NO5.